The molecule has 1 unspecified atom stereocenters. The number of piperidine rings is 1. The molecule has 4 nitrogen and oxygen atoms in total. The van der Waals surface area contributed by atoms with Gasteiger partial charge in [-0.25, -0.2) is 0 Å². The number of phenolic OH excluding ortho intramolecular Hbond substituents is 1. The Kier molecular flexibility index (Phi) is 4.32. The average molecular weight is 265 g/mol. The van der Waals surface area contributed by atoms with Crippen LogP contribution >= 0.6 is 0 Å². The summed E-state index contributed by atoms with van der Waals surface area (Å²) in [5.74, 6) is 0.977. The summed E-state index contributed by atoms with van der Waals surface area (Å²) < 4.78 is 10.7. The fourth-order valence-corrected chi connectivity index (χ4v) is 2.65. The molecule has 2 rings (SSSR count). The summed E-state index contributed by atoms with van der Waals surface area (Å²) in [7, 11) is 3.37. The minimum absolute atomic E-state index is 0.0691. The van der Waals surface area contributed by atoms with E-state index in [2.05, 4.69) is 11.8 Å². The summed E-state index contributed by atoms with van der Waals surface area (Å²) in [5, 5.41) is 10.0. The Morgan fingerprint density at radius 1 is 1.37 bits per heavy atom. The standard InChI is InChI=1S/C15H23NO3/c1-15(19-3)7-4-8-16(11-15)10-12-5-6-13(18-2)9-14(12)17/h5-6,9,17H,4,7-8,10-11H2,1-3H3. The number of rotatable bonds is 4. The number of hydrogen-bond acceptors (Lipinski definition) is 4. The monoisotopic (exact) mass is 265 g/mol. The Labute approximate surface area is 114 Å². The normalized spacial score (nSPS) is 24.4. The van der Waals surface area contributed by atoms with Crippen molar-refractivity contribution in [1.82, 2.24) is 4.90 Å². The first-order valence-corrected chi connectivity index (χ1v) is 6.70. The highest BCUT2D eigenvalue weighted by molar-refractivity contribution is 5.39. The number of nitrogens with zero attached hydrogens (tertiary/aromatic N) is 1. The van der Waals surface area contributed by atoms with E-state index >= 15 is 0 Å². The Morgan fingerprint density at radius 3 is 2.79 bits per heavy atom. The summed E-state index contributed by atoms with van der Waals surface area (Å²) in [4.78, 5) is 2.33. The molecule has 0 aliphatic carbocycles. The van der Waals surface area contributed by atoms with E-state index in [9.17, 15) is 5.11 Å². The van der Waals surface area contributed by atoms with Gasteiger partial charge in [-0.1, -0.05) is 6.07 Å². The summed E-state index contributed by atoms with van der Waals surface area (Å²) >= 11 is 0. The SMILES string of the molecule is COc1ccc(CN2CCCC(C)(OC)C2)c(O)c1. The zero-order valence-electron chi connectivity index (χ0n) is 12.0. The fourth-order valence-electron chi connectivity index (χ4n) is 2.65. The summed E-state index contributed by atoms with van der Waals surface area (Å²) in [6.07, 6.45) is 2.22. The molecule has 1 aliphatic rings. The van der Waals surface area contributed by atoms with Crippen molar-refractivity contribution in [3.8, 4) is 11.5 Å². The topological polar surface area (TPSA) is 41.9 Å². The van der Waals surface area contributed by atoms with Gasteiger partial charge >= 0.3 is 0 Å². The first-order valence-electron chi connectivity index (χ1n) is 6.70. The zero-order chi connectivity index (χ0) is 13.9. The van der Waals surface area contributed by atoms with Gasteiger partial charge in [0.15, 0.2) is 0 Å². The molecule has 0 aromatic heterocycles. The minimum Gasteiger partial charge on any atom is -0.507 e. The lowest BCUT2D eigenvalue weighted by molar-refractivity contribution is -0.0528. The number of aromatic hydroxyl groups is 1. The lowest BCUT2D eigenvalue weighted by Gasteiger charge is -2.39. The van der Waals surface area contributed by atoms with Crippen molar-refractivity contribution >= 4 is 0 Å². The molecule has 19 heavy (non-hydrogen) atoms. The molecule has 4 heteroatoms. The van der Waals surface area contributed by atoms with Crippen LogP contribution < -0.4 is 4.74 Å². The molecule has 1 N–H and O–H groups in total. The predicted molar refractivity (Wildman–Crippen MR) is 74.6 cm³/mol. The second-order valence-corrected chi connectivity index (χ2v) is 5.46. The van der Waals surface area contributed by atoms with Crippen LogP contribution in [-0.4, -0.2) is 42.9 Å². The number of hydrogen-bond donors (Lipinski definition) is 1. The minimum atomic E-state index is -0.0691. The van der Waals surface area contributed by atoms with Gasteiger partial charge in [0.1, 0.15) is 11.5 Å². The van der Waals surface area contributed by atoms with Gasteiger partial charge in [-0.05, 0) is 32.4 Å². The molecule has 1 fully saturated rings. The van der Waals surface area contributed by atoms with E-state index in [4.69, 9.17) is 9.47 Å². The van der Waals surface area contributed by atoms with Crippen molar-refractivity contribution in [3.63, 3.8) is 0 Å². The molecule has 1 heterocycles. The van der Waals surface area contributed by atoms with E-state index in [-0.39, 0.29) is 5.60 Å². The zero-order valence-corrected chi connectivity index (χ0v) is 12.0. The Balaban J connectivity index is 2.04. The maximum absolute atomic E-state index is 10.0. The molecular weight excluding hydrogens is 242 g/mol. The van der Waals surface area contributed by atoms with Crippen molar-refractivity contribution in [3.05, 3.63) is 23.8 Å². The third-order valence-electron chi connectivity index (χ3n) is 3.92. The first kappa shape index (κ1) is 14.2. The summed E-state index contributed by atoms with van der Waals surface area (Å²) in [6.45, 7) is 4.83. The van der Waals surface area contributed by atoms with Crippen LogP contribution in [0.2, 0.25) is 0 Å². The highest BCUT2D eigenvalue weighted by Crippen LogP contribution is 2.28. The van der Waals surface area contributed by atoms with Gasteiger partial charge in [-0.3, -0.25) is 4.90 Å². The molecule has 0 saturated carbocycles. The first-order chi connectivity index (χ1) is 9.06. The van der Waals surface area contributed by atoms with Crippen LogP contribution in [0.25, 0.3) is 0 Å². The molecule has 1 atom stereocenters. The van der Waals surface area contributed by atoms with Crippen molar-refractivity contribution in [2.45, 2.75) is 31.9 Å². The van der Waals surface area contributed by atoms with Gasteiger partial charge < -0.3 is 14.6 Å². The van der Waals surface area contributed by atoms with Crippen molar-refractivity contribution in [2.75, 3.05) is 27.3 Å². The number of benzene rings is 1. The molecular formula is C15H23NO3. The fraction of sp³-hybridized carbons (Fsp3) is 0.600. The van der Waals surface area contributed by atoms with Crippen molar-refractivity contribution in [2.24, 2.45) is 0 Å². The largest absolute Gasteiger partial charge is 0.507 e. The van der Waals surface area contributed by atoms with E-state index in [0.717, 1.165) is 38.0 Å². The Hall–Kier alpha value is -1.26. The van der Waals surface area contributed by atoms with Crippen LogP contribution in [0.3, 0.4) is 0 Å². The van der Waals surface area contributed by atoms with Crippen LogP contribution in [0.1, 0.15) is 25.3 Å². The second-order valence-electron chi connectivity index (χ2n) is 5.46. The van der Waals surface area contributed by atoms with Gasteiger partial charge in [0, 0.05) is 31.8 Å². The predicted octanol–water partition coefficient (Wildman–Crippen LogP) is 2.40. The summed E-state index contributed by atoms with van der Waals surface area (Å²) in [5.41, 5.74) is 0.863. The van der Waals surface area contributed by atoms with Crippen molar-refractivity contribution in [1.29, 1.82) is 0 Å². The maximum atomic E-state index is 10.0. The van der Waals surface area contributed by atoms with Crippen LogP contribution in [0.4, 0.5) is 0 Å². The Morgan fingerprint density at radius 2 is 2.16 bits per heavy atom. The van der Waals surface area contributed by atoms with E-state index in [0.29, 0.717) is 11.5 Å². The highest BCUT2D eigenvalue weighted by atomic mass is 16.5. The van der Waals surface area contributed by atoms with E-state index in [1.807, 2.05) is 12.1 Å². The van der Waals surface area contributed by atoms with Crippen LogP contribution in [-0.2, 0) is 11.3 Å². The quantitative estimate of drug-likeness (QED) is 0.907. The molecule has 0 spiro atoms. The molecule has 1 aliphatic heterocycles. The summed E-state index contributed by atoms with van der Waals surface area (Å²) in [6, 6.07) is 5.47. The third-order valence-corrected chi connectivity index (χ3v) is 3.92. The average Bonchev–Trinajstić information content (AvgIpc) is 2.41. The van der Waals surface area contributed by atoms with Gasteiger partial charge in [-0.2, -0.15) is 0 Å². The van der Waals surface area contributed by atoms with Crippen LogP contribution in [0.15, 0.2) is 18.2 Å². The molecule has 106 valence electrons. The third kappa shape index (κ3) is 3.39. The van der Waals surface area contributed by atoms with Crippen LogP contribution in [0.5, 0.6) is 11.5 Å². The molecule has 0 radical (unpaired) electrons. The van der Waals surface area contributed by atoms with Crippen molar-refractivity contribution < 1.29 is 14.6 Å². The Bertz CT molecular complexity index is 435. The molecule has 1 aromatic carbocycles. The number of methoxy groups -OCH3 is 2. The van der Waals surface area contributed by atoms with Crippen LogP contribution in [0, 0.1) is 0 Å². The van der Waals surface area contributed by atoms with E-state index < -0.39 is 0 Å². The van der Waals surface area contributed by atoms with Gasteiger partial charge in [0.2, 0.25) is 0 Å². The molecule has 0 bridgehead atoms. The van der Waals surface area contributed by atoms with Gasteiger partial charge in [0.05, 0.1) is 12.7 Å². The number of ether oxygens (including phenoxy) is 2. The maximum Gasteiger partial charge on any atom is 0.123 e. The lowest BCUT2D eigenvalue weighted by atomic mass is 9.94. The smallest absolute Gasteiger partial charge is 0.123 e. The number of likely N-dealkylation sites (tertiary alicyclic amines) is 1. The molecule has 0 amide bonds. The molecule has 1 saturated heterocycles. The van der Waals surface area contributed by atoms with Gasteiger partial charge in [0.25, 0.3) is 0 Å². The van der Waals surface area contributed by atoms with E-state index in [1.54, 1.807) is 20.3 Å². The molecule has 1 aromatic rings. The van der Waals surface area contributed by atoms with E-state index in [1.165, 1.54) is 0 Å². The lowest BCUT2D eigenvalue weighted by Crippen LogP contribution is -2.46. The second kappa shape index (κ2) is 5.80. The highest BCUT2D eigenvalue weighted by Gasteiger charge is 2.30. The van der Waals surface area contributed by atoms with Gasteiger partial charge in [-0.15, -0.1) is 0 Å². The number of phenols is 1.